The highest BCUT2D eigenvalue weighted by Gasteiger charge is 2.21. The van der Waals surface area contributed by atoms with E-state index < -0.39 is 0 Å². The third-order valence-corrected chi connectivity index (χ3v) is 4.28. The Hall–Kier alpha value is -1.40. The Balaban J connectivity index is 1.59. The number of aromatic nitrogens is 2. The number of hydrogen-bond donors (Lipinski definition) is 1. The van der Waals surface area contributed by atoms with Gasteiger partial charge in [0, 0.05) is 11.4 Å². The van der Waals surface area contributed by atoms with Crippen LogP contribution in [-0.2, 0) is 5.75 Å². The molecule has 3 rings (SSSR count). The topological polar surface area (TPSA) is 51.0 Å². The molecule has 0 amide bonds. The molecule has 0 aliphatic carbocycles. The van der Waals surface area contributed by atoms with Gasteiger partial charge in [-0.15, -0.1) is 11.8 Å². The van der Waals surface area contributed by atoms with E-state index in [4.69, 9.17) is 4.52 Å². The first kappa shape index (κ1) is 13.6. The van der Waals surface area contributed by atoms with Gasteiger partial charge in [-0.05, 0) is 37.6 Å². The maximum absolute atomic E-state index is 13.1. The molecule has 1 aromatic heterocycles. The van der Waals surface area contributed by atoms with Gasteiger partial charge in [0.15, 0.2) is 5.82 Å². The first-order chi connectivity index (χ1) is 9.81. The minimum Gasteiger partial charge on any atom is -0.339 e. The minimum atomic E-state index is -0.225. The predicted molar refractivity (Wildman–Crippen MR) is 75.1 cm³/mol. The van der Waals surface area contributed by atoms with Crippen LogP contribution in [0.15, 0.2) is 33.7 Å². The molecule has 4 nitrogen and oxygen atoms in total. The van der Waals surface area contributed by atoms with E-state index in [2.05, 4.69) is 15.5 Å². The van der Waals surface area contributed by atoms with E-state index in [0.29, 0.717) is 23.4 Å². The molecule has 1 aliphatic heterocycles. The van der Waals surface area contributed by atoms with Crippen molar-refractivity contribution in [2.75, 3.05) is 13.1 Å². The molecule has 2 heterocycles. The molecular formula is C14H16FN3OS. The summed E-state index contributed by atoms with van der Waals surface area (Å²) in [4.78, 5) is 5.31. The smallest absolute Gasteiger partial charge is 0.231 e. The lowest BCUT2D eigenvalue weighted by atomic mass is 10.00. The highest BCUT2D eigenvalue weighted by atomic mass is 32.2. The lowest BCUT2D eigenvalue weighted by Gasteiger charge is -2.18. The van der Waals surface area contributed by atoms with Gasteiger partial charge in [-0.25, -0.2) is 4.39 Å². The quantitative estimate of drug-likeness (QED) is 0.878. The van der Waals surface area contributed by atoms with Crippen LogP contribution in [0, 0.1) is 5.82 Å². The van der Waals surface area contributed by atoms with E-state index in [9.17, 15) is 4.39 Å². The predicted octanol–water partition coefficient (Wildman–Crippen LogP) is 2.97. The largest absolute Gasteiger partial charge is 0.339 e. The van der Waals surface area contributed by atoms with Crippen molar-refractivity contribution < 1.29 is 8.91 Å². The molecule has 2 aromatic rings. The van der Waals surface area contributed by atoms with Crippen LogP contribution in [0.2, 0.25) is 0 Å². The molecule has 0 saturated carbocycles. The zero-order valence-corrected chi connectivity index (χ0v) is 11.8. The summed E-state index contributed by atoms with van der Waals surface area (Å²) in [7, 11) is 0. The molecule has 0 spiro atoms. The highest BCUT2D eigenvalue weighted by molar-refractivity contribution is 7.98. The van der Waals surface area contributed by atoms with Crippen LogP contribution in [0.4, 0.5) is 4.39 Å². The first-order valence-corrected chi connectivity index (χ1v) is 7.71. The molecule has 20 heavy (non-hydrogen) atoms. The summed E-state index contributed by atoms with van der Waals surface area (Å²) in [6.45, 7) is 1.96. The van der Waals surface area contributed by atoms with Gasteiger partial charge < -0.3 is 9.84 Å². The van der Waals surface area contributed by atoms with Crippen LogP contribution in [0.5, 0.6) is 0 Å². The maximum Gasteiger partial charge on any atom is 0.231 e. The lowest BCUT2D eigenvalue weighted by Crippen LogP contribution is -2.28. The summed E-state index contributed by atoms with van der Waals surface area (Å²) in [5.41, 5.74) is 0. The molecule has 1 saturated heterocycles. The Kier molecular flexibility index (Phi) is 4.32. The molecule has 106 valence electrons. The van der Waals surface area contributed by atoms with Crippen molar-refractivity contribution in [1.82, 2.24) is 15.5 Å². The van der Waals surface area contributed by atoms with Crippen molar-refractivity contribution in [3.63, 3.8) is 0 Å². The Morgan fingerprint density at radius 2 is 2.40 bits per heavy atom. The lowest BCUT2D eigenvalue weighted by molar-refractivity contribution is 0.320. The van der Waals surface area contributed by atoms with E-state index >= 15 is 0 Å². The first-order valence-electron chi connectivity index (χ1n) is 6.73. The fourth-order valence-corrected chi connectivity index (χ4v) is 3.04. The molecule has 1 aromatic carbocycles. The number of benzene rings is 1. The van der Waals surface area contributed by atoms with Crippen molar-refractivity contribution in [3.05, 3.63) is 41.8 Å². The number of halogens is 1. The van der Waals surface area contributed by atoms with Crippen molar-refractivity contribution >= 4 is 11.8 Å². The van der Waals surface area contributed by atoms with Gasteiger partial charge in [0.1, 0.15) is 5.82 Å². The fourth-order valence-electron chi connectivity index (χ4n) is 2.26. The molecular weight excluding hydrogens is 277 g/mol. The van der Waals surface area contributed by atoms with Crippen LogP contribution >= 0.6 is 11.8 Å². The van der Waals surface area contributed by atoms with Crippen molar-refractivity contribution in [2.45, 2.75) is 29.4 Å². The Labute approximate surface area is 121 Å². The van der Waals surface area contributed by atoms with Crippen molar-refractivity contribution in [2.24, 2.45) is 0 Å². The van der Waals surface area contributed by atoms with Crippen LogP contribution < -0.4 is 5.32 Å². The van der Waals surface area contributed by atoms with Gasteiger partial charge in [0.25, 0.3) is 0 Å². The summed E-state index contributed by atoms with van der Waals surface area (Å²) in [6.07, 6.45) is 2.23. The Bertz CT molecular complexity index is 569. The third kappa shape index (κ3) is 3.37. The number of thioether (sulfide) groups is 1. The fraction of sp³-hybridized carbons (Fsp3) is 0.429. The van der Waals surface area contributed by atoms with E-state index in [1.807, 2.05) is 6.07 Å². The monoisotopic (exact) mass is 293 g/mol. The average Bonchev–Trinajstić information content (AvgIpc) is 2.95. The third-order valence-electron chi connectivity index (χ3n) is 3.29. The zero-order valence-electron chi connectivity index (χ0n) is 11.0. The van der Waals surface area contributed by atoms with Gasteiger partial charge >= 0.3 is 0 Å². The molecule has 0 unspecified atom stereocenters. The second-order valence-electron chi connectivity index (χ2n) is 4.84. The Morgan fingerprint density at radius 3 is 3.20 bits per heavy atom. The SMILES string of the molecule is Fc1cccc(SCc2noc([C@@H]3CCCNC3)n2)c1. The summed E-state index contributed by atoms with van der Waals surface area (Å²) in [6, 6.07) is 6.52. The number of hydrogen-bond acceptors (Lipinski definition) is 5. The van der Waals surface area contributed by atoms with Gasteiger partial charge in [-0.3, -0.25) is 0 Å². The molecule has 1 fully saturated rings. The molecule has 1 aliphatic rings. The highest BCUT2D eigenvalue weighted by Crippen LogP contribution is 2.25. The van der Waals surface area contributed by atoms with Crippen LogP contribution in [0.3, 0.4) is 0 Å². The number of rotatable bonds is 4. The van der Waals surface area contributed by atoms with Crippen LogP contribution in [-0.4, -0.2) is 23.2 Å². The van der Waals surface area contributed by atoms with Crippen molar-refractivity contribution in [3.8, 4) is 0 Å². The molecule has 1 atom stereocenters. The van der Waals surface area contributed by atoms with E-state index in [0.717, 1.165) is 30.8 Å². The second-order valence-corrected chi connectivity index (χ2v) is 5.89. The van der Waals surface area contributed by atoms with Gasteiger partial charge in [0.2, 0.25) is 5.89 Å². The summed E-state index contributed by atoms with van der Waals surface area (Å²) < 4.78 is 18.4. The summed E-state index contributed by atoms with van der Waals surface area (Å²) >= 11 is 1.51. The van der Waals surface area contributed by atoms with Crippen LogP contribution in [0.1, 0.15) is 30.5 Å². The number of piperidine rings is 1. The standard InChI is InChI=1S/C14H16FN3OS/c15-11-4-1-5-12(7-11)20-9-13-17-14(19-18-13)10-3-2-6-16-8-10/h1,4-5,7,10,16H,2-3,6,8-9H2/t10-/m1/s1. The zero-order chi connectivity index (χ0) is 13.8. The minimum absolute atomic E-state index is 0.225. The van der Waals surface area contributed by atoms with Gasteiger partial charge in [0.05, 0.1) is 11.7 Å². The molecule has 0 bridgehead atoms. The van der Waals surface area contributed by atoms with E-state index in [1.165, 1.54) is 23.9 Å². The normalized spacial score (nSPS) is 19.1. The van der Waals surface area contributed by atoms with Crippen molar-refractivity contribution in [1.29, 1.82) is 0 Å². The molecule has 1 N–H and O–H groups in total. The van der Waals surface area contributed by atoms with E-state index in [-0.39, 0.29) is 5.82 Å². The summed E-state index contributed by atoms with van der Waals surface area (Å²) in [5.74, 6) is 2.07. The second kappa shape index (κ2) is 6.37. The van der Waals surface area contributed by atoms with E-state index in [1.54, 1.807) is 6.07 Å². The number of nitrogens with zero attached hydrogens (tertiary/aromatic N) is 2. The average molecular weight is 293 g/mol. The molecule has 0 radical (unpaired) electrons. The number of nitrogens with one attached hydrogen (secondary N) is 1. The van der Waals surface area contributed by atoms with Gasteiger partial charge in [-0.1, -0.05) is 11.2 Å². The Morgan fingerprint density at radius 1 is 1.45 bits per heavy atom. The maximum atomic E-state index is 13.1. The van der Waals surface area contributed by atoms with Crippen LogP contribution in [0.25, 0.3) is 0 Å². The molecule has 6 heteroatoms. The summed E-state index contributed by atoms with van der Waals surface area (Å²) in [5, 5.41) is 7.33. The van der Waals surface area contributed by atoms with Gasteiger partial charge in [-0.2, -0.15) is 4.98 Å².